The molecule has 6 rings (SSSR count). The Kier molecular flexibility index (Phi) is 7.89. The van der Waals surface area contributed by atoms with Crippen molar-refractivity contribution in [3.05, 3.63) is 138 Å². The van der Waals surface area contributed by atoms with Crippen molar-refractivity contribution in [3.63, 3.8) is 0 Å². The number of thiophene rings is 2. The molecule has 0 bridgehead atoms. The quantitative estimate of drug-likeness (QED) is 0.174. The van der Waals surface area contributed by atoms with E-state index in [4.69, 9.17) is 0 Å². The molecule has 0 spiro atoms. The Balaban J connectivity index is 1.66. The molecule has 0 radical (unpaired) electrons. The second kappa shape index (κ2) is 11.5. The van der Waals surface area contributed by atoms with Gasteiger partial charge in [-0.15, -0.1) is 22.7 Å². The van der Waals surface area contributed by atoms with Gasteiger partial charge in [-0.05, 0) is 129 Å². The molecule has 2 unspecified atom stereocenters. The van der Waals surface area contributed by atoms with Gasteiger partial charge >= 0.3 is 0 Å². The van der Waals surface area contributed by atoms with E-state index in [-0.39, 0.29) is 11.8 Å². The highest BCUT2D eigenvalue weighted by Gasteiger charge is 2.36. The molecule has 2 heterocycles. The first-order valence-corrected chi connectivity index (χ1v) is 17.1. The third kappa shape index (κ3) is 5.03. The minimum Gasteiger partial charge on any atom is -0.148 e. The van der Waals surface area contributed by atoms with Crippen molar-refractivity contribution in [2.45, 2.75) is 79.1 Å². The largest absolute Gasteiger partial charge is 0.148 e. The molecule has 4 aliphatic rings. The molecule has 2 heteroatoms. The second-order valence-electron chi connectivity index (χ2n) is 12.8. The Morgan fingerprint density at radius 2 is 0.881 bits per heavy atom. The summed E-state index contributed by atoms with van der Waals surface area (Å²) < 4.78 is 0. The lowest BCUT2D eigenvalue weighted by Gasteiger charge is -2.28. The highest BCUT2D eigenvalue weighted by Crippen LogP contribution is 2.54. The van der Waals surface area contributed by atoms with Crippen LogP contribution in [0.4, 0.5) is 0 Å². The van der Waals surface area contributed by atoms with E-state index < -0.39 is 0 Å². The molecule has 0 nitrogen and oxygen atoms in total. The van der Waals surface area contributed by atoms with Gasteiger partial charge in [-0.25, -0.2) is 0 Å². The molecule has 2 aromatic heterocycles. The summed E-state index contributed by atoms with van der Waals surface area (Å²) in [5, 5.41) is 4.51. The van der Waals surface area contributed by atoms with Crippen molar-refractivity contribution in [1.29, 1.82) is 0 Å². The van der Waals surface area contributed by atoms with Crippen LogP contribution in [0.25, 0.3) is 22.3 Å². The monoisotopic (exact) mass is 586 g/mol. The van der Waals surface area contributed by atoms with E-state index in [0.29, 0.717) is 11.8 Å². The van der Waals surface area contributed by atoms with Crippen LogP contribution in [0.5, 0.6) is 0 Å². The summed E-state index contributed by atoms with van der Waals surface area (Å²) in [5.41, 5.74) is 16.8. The first-order valence-electron chi connectivity index (χ1n) is 15.3. The molecule has 0 aromatic carbocycles. The van der Waals surface area contributed by atoms with Crippen LogP contribution in [0.1, 0.15) is 106 Å². The third-order valence-corrected chi connectivity index (χ3v) is 11.1. The molecule has 0 fully saturated rings. The maximum absolute atomic E-state index is 2.51. The summed E-state index contributed by atoms with van der Waals surface area (Å²) in [5.74, 6) is 1.40. The van der Waals surface area contributed by atoms with Gasteiger partial charge in [-0.1, -0.05) is 88.4 Å². The van der Waals surface area contributed by atoms with E-state index in [2.05, 4.69) is 139 Å². The molecule has 0 amide bonds. The van der Waals surface area contributed by atoms with Crippen LogP contribution in [0, 0.1) is 27.7 Å². The topological polar surface area (TPSA) is 0 Å². The van der Waals surface area contributed by atoms with E-state index in [1.807, 2.05) is 22.7 Å². The van der Waals surface area contributed by atoms with E-state index in [0.717, 1.165) is 0 Å². The number of hydrogen-bond donors (Lipinski definition) is 0. The number of hydrogen-bond acceptors (Lipinski definition) is 2. The normalized spacial score (nSPS) is 13.5. The molecule has 2 atom stereocenters. The molecule has 0 N–H and O–H groups in total. The second-order valence-corrected chi connectivity index (χ2v) is 14.7. The fourth-order valence-electron chi connectivity index (χ4n) is 6.90. The molecule has 0 aliphatic heterocycles. The van der Waals surface area contributed by atoms with E-state index in [1.54, 1.807) is 0 Å². The summed E-state index contributed by atoms with van der Waals surface area (Å²) in [6.45, 7) is 18.4. The molecule has 42 heavy (non-hydrogen) atoms. The third-order valence-electron chi connectivity index (χ3n) is 9.21. The first-order chi connectivity index (χ1) is 20.2. The van der Waals surface area contributed by atoms with Crippen molar-refractivity contribution in [2.75, 3.05) is 0 Å². The minimum atomic E-state index is 0.211. The molecule has 214 valence electrons. The van der Waals surface area contributed by atoms with Gasteiger partial charge in [0.15, 0.2) is 0 Å². The van der Waals surface area contributed by atoms with Crippen LogP contribution >= 0.6 is 22.7 Å². The summed E-state index contributed by atoms with van der Waals surface area (Å²) in [6.07, 6.45) is 0. The standard InChI is InChI=1S/C40H42S2/c1-23(2)29-15-13-25(5)37-31(21-29)27(7)19-33(37)39(35-11-9-17-41-35)40(36-12-10-18-42-36)34-20-28(8)32-22-30(24(3)4)16-14-26(6)38(32)34/h9-24,39-40H,1-8H3. The maximum Gasteiger partial charge on any atom is 0.0307 e. The van der Waals surface area contributed by atoms with Gasteiger partial charge in [0.1, 0.15) is 0 Å². The van der Waals surface area contributed by atoms with Crippen molar-refractivity contribution < 1.29 is 0 Å². The predicted octanol–water partition coefficient (Wildman–Crippen LogP) is 12.5. The lowest BCUT2D eigenvalue weighted by molar-refractivity contribution is 0.722. The number of fused-ring (bicyclic) bond motifs is 2. The summed E-state index contributed by atoms with van der Waals surface area (Å²) in [6, 6.07) is 28.5. The van der Waals surface area contributed by atoms with Gasteiger partial charge in [-0.2, -0.15) is 0 Å². The van der Waals surface area contributed by atoms with Gasteiger partial charge in [-0.3, -0.25) is 0 Å². The zero-order chi connectivity index (χ0) is 29.7. The van der Waals surface area contributed by atoms with Crippen molar-refractivity contribution in [1.82, 2.24) is 0 Å². The molecular formula is C40H42S2. The van der Waals surface area contributed by atoms with Gasteiger partial charge < -0.3 is 0 Å². The van der Waals surface area contributed by atoms with Crippen LogP contribution in [0.3, 0.4) is 0 Å². The van der Waals surface area contributed by atoms with E-state index in [1.165, 1.54) is 76.5 Å². The van der Waals surface area contributed by atoms with Crippen molar-refractivity contribution >= 4 is 22.7 Å². The van der Waals surface area contributed by atoms with Gasteiger partial charge in [0.05, 0.1) is 0 Å². The van der Waals surface area contributed by atoms with Crippen molar-refractivity contribution in [2.24, 2.45) is 0 Å². The summed E-state index contributed by atoms with van der Waals surface area (Å²) in [7, 11) is 0. The highest BCUT2D eigenvalue weighted by atomic mass is 32.1. The van der Waals surface area contributed by atoms with Gasteiger partial charge in [0, 0.05) is 21.6 Å². The lowest BCUT2D eigenvalue weighted by atomic mass is 9.77. The SMILES string of the molecule is Cc1cc(C(c2cccs2)C(c2cccs2)c2cc(C)c3cc(C(C)C)ccc(C)c2-3)c2c(C)ccc(C(C)C)cc1-2. The van der Waals surface area contributed by atoms with Crippen molar-refractivity contribution in [3.8, 4) is 22.3 Å². The maximum atomic E-state index is 2.51. The van der Waals surface area contributed by atoms with E-state index >= 15 is 0 Å². The molecule has 0 saturated heterocycles. The Morgan fingerprint density at radius 3 is 1.21 bits per heavy atom. The average molecular weight is 587 g/mol. The van der Waals surface area contributed by atoms with Gasteiger partial charge in [0.2, 0.25) is 0 Å². The van der Waals surface area contributed by atoms with E-state index in [9.17, 15) is 0 Å². The molecule has 0 saturated carbocycles. The zero-order valence-corrected chi connectivity index (χ0v) is 27.8. The fourth-order valence-corrected chi connectivity index (χ4v) is 8.66. The first kappa shape index (κ1) is 28.9. The zero-order valence-electron chi connectivity index (χ0n) is 26.2. The number of rotatable bonds is 7. The molecule has 2 aromatic rings. The molecular weight excluding hydrogens is 545 g/mol. The van der Waals surface area contributed by atoms with Crippen LogP contribution in [0.15, 0.2) is 83.6 Å². The Morgan fingerprint density at radius 1 is 0.476 bits per heavy atom. The smallest absolute Gasteiger partial charge is 0.0307 e. The fraction of sp³-hybridized carbons (Fsp3) is 0.300. The Bertz CT molecular complexity index is 1630. The number of aryl methyl sites for hydroxylation is 4. The minimum absolute atomic E-state index is 0.211. The van der Waals surface area contributed by atoms with Crippen LogP contribution < -0.4 is 0 Å². The average Bonchev–Trinajstić information content (AvgIpc) is 3.72. The Labute approximate surface area is 260 Å². The highest BCUT2D eigenvalue weighted by molar-refractivity contribution is 7.10. The van der Waals surface area contributed by atoms with Crippen LogP contribution in [-0.2, 0) is 0 Å². The van der Waals surface area contributed by atoms with Crippen LogP contribution in [0.2, 0.25) is 0 Å². The summed E-state index contributed by atoms with van der Waals surface area (Å²) in [4.78, 5) is 2.87. The van der Waals surface area contributed by atoms with Gasteiger partial charge in [0.25, 0.3) is 0 Å². The summed E-state index contributed by atoms with van der Waals surface area (Å²) >= 11 is 3.80. The lowest BCUT2D eigenvalue weighted by Crippen LogP contribution is -2.13. The predicted molar refractivity (Wildman–Crippen MR) is 186 cm³/mol. The Hall–Kier alpha value is -3.20. The van der Waals surface area contributed by atoms with Crippen LogP contribution in [-0.4, -0.2) is 0 Å². The molecule has 4 aliphatic carbocycles.